The molecule has 4 rings (SSSR count). The smallest absolute Gasteiger partial charge is 0.408 e. The Labute approximate surface area is 287 Å². The molecule has 1 N–H and O–H groups in total. The highest BCUT2D eigenvalue weighted by atomic mass is 28.4. The third kappa shape index (κ3) is 10.00. The van der Waals surface area contributed by atoms with E-state index in [4.69, 9.17) is 47.9 Å². The normalized spacial score (nSPS) is 28.8. The second kappa shape index (κ2) is 16.9. The van der Waals surface area contributed by atoms with Crippen molar-refractivity contribution < 1.29 is 51.9 Å². The van der Waals surface area contributed by atoms with Gasteiger partial charge in [-0.1, -0.05) is 65.8 Å². The number of esters is 1. The molecular formula is C33H46N4O11Si. The maximum Gasteiger partial charge on any atom is 0.408 e. The number of fused-ring (bicyclic) bond motifs is 1. The van der Waals surface area contributed by atoms with Gasteiger partial charge in [-0.15, -0.1) is 0 Å². The van der Waals surface area contributed by atoms with E-state index in [0.717, 1.165) is 11.1 Å². The Morgan fingerprint density at radius 3 is 2.00 bits per heavy atom. The zero-order valence-electron chi connectivity index (χ0n) is 28.9. The predicted molar refractivity (Wildman–Crippen MR) is 177 cm³/mol. The maximum atomic E-state index is 13.4. The molecule has 2 fully saturated rings. The molecule has 2 saturated heterocycles. The van der Waals surface area contributed by atoms with Crippen LogP contribution >= 0.6 is 0 Å². The van der Waals surface area contributed by atoms with Crippen LogP contribution in [0.3, 0.4) is 0 Å². The van der Waals surface area contributed by atoms with Crippen LogP contribution < -0.4 is 5.32 Å². The van der Waals surface area contributed by atoms with Crippen LogP contribution in [0.25, 0.3) is 10.4 Å². The number of nitrogens with one attached hydrogen (secondary N) is 1. The molecule has 0 aromatic heterocycles. The average Bonchev–Trinajstić information content (AvgIpc) is 3.09. The Morgan fingerprint density at radius 1 is 0.918 bits per heavy atom. The summed E-state index contributed by atoms with van der Waals surface area (Å²) < 4.78 is 54.5. The summed E-state index contributed by atoms with van der Waals surface area (Å²) in [7, 11) is 0.590. The zero-order valence-corrected chi connectivity index (χ0v) is 29.9. The number of hydrogen-bond donors (Lipinski definition) is 1. The van der Waals surface area contributed by atoms with E-state index in [0.29, 0.717) is 0 Å². The molecule has 2 aliphatic rings. The van der Waals surface area contributed by atoms with Gasteiger partial charge in [0.25, 0.3) is 0 Å². The van der Waals surface area contributed by atoms with Crippen molar-refractivity contribution in [2.75, 3.05) is 27.4 Å². The van der Waals surface area contributed by atoms with Gasteiger partial charge >= 0.3 is 12.1 Å². The molecule has 0 saturated carbocycles. The Morgan fingerprint density at radius 2 is 1.47 bits per heavy atom. The number of ether oxygens (including phenoxy) is 8. The summed E-state index contributed by atoms with van der Waals surface area (Å²) in [5.41, 5.74) is 10.7. The van der Waals surface area contributed by atoms with Crippen molar-refractivity contribution in [2.45, 2.75) is 95.0 Å². The van der Waals surface area contributed by atoms with Gasteiger partial charge in [0.15, 0.2) is 20.6 Å². The van der Waals surface area contributed by atoms with Crippen LogP contribution in [-0.4, -0.2) is 96.1 Å². The quantitative estimate of drug-likeness (QED) is 0.0886. The van der Waals surface area contributed by atoms with Crippen LogP contribution in [0.15, 0.2) is 65.8 Å². The summed E-state index contributed by atoms with van der Waals surface area (Å²) in [6.07, 6.45) is -5.50. The van der Waals surface area contributed by atoms with E-state index in [1.54, 1.807) is 13.8 Å². The molecule has 268 valence electrons. The molecule has 0 radical (unpaired) electrons. The van der Waals surface area contributed by atoms with Crippen LogP contribution in [0.2, 0.25) is 19.6 Å². The van der Waals surface area contributed by atoms with E-state index in [2.05, 4.69) is 15.3 Å². The van der Waals surface area contributed by atoms with Crippen LogP contribution in [0.1, 0.15) is 25.0 Å². The SMILES string of the molecule is CO[C@@]1(C)O[C@@H]2[C@H](O[Si](C)(C)C)[C@H](OC[C@H](NC(=O)OCc3ccccc3)C(=O)OCc3ccccc3)O[C@H](CN=[N+]=[N-])[C@H]2O[C@]1(C)OC. The van der Waals surface area contributed by atoms with E-state index in [9.17, 15) is 9.59 Å². The van der Waals surface area contributed by atoms with Gasteiger partial charge in [-0.2, -0.15) is 0 Å². The molecule has 2 aromatic carbocycles. The molecule has 16 heteroatoms. The summed E-state index contributed by atoms with van der Waals surface area (Å²) in [5, 5.41) is 6.29. The number of nitrogens with zero attached hydrogens (tertiary/aromatic N) is 3. The van der Waals surface area contributed by atoms with Gasteiger partial charge in [-0.25, -0.2) is 9.59 Å². The van der Waals surface area contributed by atoms with Crippen LogP contribution in [0, 0.1) is 0 Å². The van der Waals surface area contributed by atoms with Crippen molar-refractivity contribution in [2.24, 2.45) is 5.11 Å². The lowest BCUT2D eigenvalue weighted by atomic mass is 9.94. The fourth-order valence-corrected chi connectivity index (χ4v) is 6.44. The molecule has 0 spiro atoms. The summed E-state index contributed by atoms with van der Waals surface area (Å²) in [5.74, 6) is -3.54. The van der Waals surface area contributed by atoms with E-state index in [1.807, 2.05) is 80.3 Å². The number of carbonyl (C=O) groups excluding carboxylic acids is 2. The number of carbonyl (C=O) groups is 2. The lowest BCUT2D eigenvalue weighted by Crippen LogP contribution is -2.74. The molecule has 0 unspecified atom stereocenters. The first kappa shape index (κ1) is 38.2. The van der Waals surface area contributed by atoms with Crippen molar-refractivity contribution in [1.29, 1.82) is 0 Å². The molecule has 0 bridgehead atoms. The van der Waals surface area contributed by atoms with Crippen molar-refractivity contribution in [3.63, 3.8) is 0 Å². The number of amides is 1. The summed E-state index contributed by atoms with van der Waals surface area (Å²) in [4.78, 5) is 29.2. The Bertz CT molecular complexity index is 1430. The molecule has 49 heavy (non-hydrogen) atoms. The van der Waals surface area contributed by atoms with E-state index < -0.39 is 75.3 Å². The second-order valence-electron chi connectivity index (χ2n) is 12.8. The highest BCUT2D eigenvalue weighted by molar-refractivity contribution is 6.69. The minimum absolute atomic E-state index is 0.0165. The first-order chi connectivity index (χ1) is 23.3. The van der Waals surface area contributed by atoms with Crippen molar-refractivity contribution in [3.05, 3.63) is 82.2 Å². The number of rotatable bonds is 15. The van der Waals surface area contributed by atoms with Crippen molar-refractivity contribution >= 4 is 20.4 Å². The fraction of sp³-hybridized carbons (Fsp3) is 0.576. The van der Waals surface area contributed by atoms with Crippen molar-refractivity contribution in [1.82, 2.24) is 5.32 Å². The molecule has 2 heterocycles. The first-order valence-electron chi connectivity index (χ1n) is 15.9. The standard InChI is InChI=1S/C33H46N4O11Si/c1-32(40-3)33(2,41-4)47-27-26(46-32)25(18-35-37-34)45-30(28(27)48-49(5,6)7)43-21-24(29(38)42-19-22-14-10-8-11-15-22)36-31(39)44-20-23-16-12-9-13-17-23/h8-17,24-28,30H,18-21H2,1-7H3,(H,36,39)/t24-,25+,26+,27-,28-,30+,32-,33-/m0/s1. The molecule has 0 aliphatic carbocycles. The van der Waals surface area contributed by atoms with E-state index in [-0.39, 0.29) is 19.8 Å². The van der Waals surface area contributed by atoms with Gasteiger partial charge in [0.2, 0.25) is 11.6 Å². The third-order valence-electron chi connectivity index (χ3n) is 8.17. The topological polar surface area (TPSA) is 178 Å². The van der Waals surface area contributed by atoms with E-state index in [1.165, 1.54) is 14.2 Å². The number of azide groups is 1. The van der Waals surface area contributed by atoms with Gasteiger partial charge < -0.3 is 47.6 Å². The highest BCUT2D eigenvalue weighted by Gasteiger charge is 2.63. The molecule has 1 amide bonds. The molecule has 8 atom stereocenters. The van der Waals surface area contributed by atoms with Gasteiger partial charge in [0.1, 0.15) is 31.5 Å². The summed E-state index contributed by atoms with van der Waals surface area (Å²) in [6, 6.07) is 16.9. The average molecular weight is 703 g/mol. The highest BCUT2D eigenvalue weighted by Crippen LogP contribution is 2.45. The fourth-order valence-electron chi connectivity index (χ4n) is 5.38. The summed E-state index contributed by atoms with van der Waals surface area (Å²) in [6.45, 7) is 8.71. The molecule has 2 aliphatic heterocycles. The lowest BCUT2D eigenvalue weighted by Gasteiger charge is -2.57. The first-order valence-corrected chi connectivity index (χ1v) is 19.3. The van der Waals surface area contributed by atoms with Crippen LogP contribution in [0.4, 0.5) is 4.79 Å². The minimum atomic E-state index is -2.34. The van der Waals surface area contributed by atoms with Crippen molar-refractivity contribution in [3.8, 4) is 0 Å². The Balaban J connectivity index is 1.58. The largest absolute Gasteiger partial charge is 0.459 e. The lowest BCUT2D eigenvalue weighted by molar-refractivity contribution is -0.477. The maximum absolute atomic E-state index is 13.4. The van der Waals surface area contributed by atoms with Gasteiger partial charge in [-0.05, 0) is 50.1 Å². The number of hydrogen-bond acceptors (Lipinski definition) is 12. The monoisotopic (exact) mass is 702 g/mol. The van der Waals surface area contributed by atoms with E-state index >= 15 is 0 Å². The third-order valence-corrected chi connectivity index (χ3v) is 9.15. The predicted octanol–water partition coefficient (Wildman–Crippen LogP) is 4.81. The van der Waals surface area contributed by atoms with Gasteiger partial charge in [-0.3, -0.25) is 0 Å². The Hall–Kier alpha value is -3.57. The molecule has 15 nitrogen and oxygen atoms in total. The minimum Gasteiger partial charge on any atom is -0.459 e. The number of alkyl carbamates (subject to hydrolysis) is 1. The van der Waals surface area contributed by atoms with Crippen LogP contribution in [-0.2, 0) is 60.3 Å². The number of methoxy groups -OCH3 is 2. The zero-order chi connectivity index (χ0) is 35.7. The van der Waals surface area contributed by atoms with Crippen LogP contribution in [0.5, 0.6) is 0 Å². The molecule has 2 aromatic rings. The second-order valence-corrected chi connectivity index (χ2v) is 17.3. The summed E-state index contributed by atoms with van der Waals surface area (Å²) >= 11 is 0. The van der Waals surface area contributed by atoms with Gasteiger partial charge in [0.05, 0.1) is 19.3 Å². The number of benzene rings is 2. The Kier molecular flexibility index (Phi) is 13.2. The van der Waals surface area contributed by atoms with Gasteiger partial charge in [0, 0.05) is 19.1 Å². The molecular weight excluding hydrogens is 656 g/mol.